The summed E-state index contributed by atoms with van der Waals surface area (Å²) in [5, 5.41) is 8.54. The van der Waals surface area contributed by atoms with Gasteiger partial charge < -0.3 is 20.3 Å². The van der Waals surface area contributed by atoms with Crippen molar-refractivity contribution in [3.05, 3.63) is 0 Å². The first-order valence-electron chi connectivity index (χ1n) is 4.41. The molecule has 13 heavy (non-hydrogen) atoms. The second-order valence-electron chi connectivity index (χ2n) is 3.02. The number of nitrogens with two attached hydrogens (primary N) is 1. The highest BCUT2D eigenvalue weighted by Crippen LogP contribution is 2.16. The van der Waals surface area contributed by atoms with Crippen LogP contribution < -0.4 is 5.73 Å². The van der Waals surface area contributed by atoms with Crippen molar-refractivity contribution in [3.8, 4) is 0 Å². The topological polar surface area (TPSA) is 81.8 Å². The smallest absolute Gasteiger partial charge is 0.305 e. The van der Waals surface area contributed by atoms with Crippen LogP contribution in [-0.4, -0.2) is 36.6 Å². The Balaban J connectivity index is 2.28. The minimum Gasteiger partial charge on any atom is -0.481 e. The van der Waals surface area contributed by atoms with Crippen molar-refractivity contribution in [2.75, 3.05) is 13.2 Å². The summed E-state index contributed by atoms with van der Waals surface area (Å²) in [5.74, 6) is -0.835. The SMILES string of the molecule is NCC[C@H]1OCC[C@@H](CC(=O)O)O1. The number of rotatable bonds is 4. The number of hydrogen-bond donors (Lipinski definition) is 2. The zero-order valence-corrected chi connectivity index (χ0v) is 7.44. The van der Waals surface area contributed by atoms with Gasteiger partial charge in [0, 0.05) is 6.42 Å². The third-order valence-corrected chi connectivity index (χ3v) is 1.89. The maximum absolute atomic E-state index is 10.4. The highest BCUT2D eigenvalue weighted by Gasteiger charge is 2.23. The van der Waals surface area contributed by atoms with Gasteiger partial charge in [-0.05, 0) is 13.0 Å². The van der Waals surface area contributed by atoms with Crippen molar-refractivity contribution in [2.24, 2.45) is 5.73 Å². The van der Waals surface area contributed by atoms with Crippen LogP contribution in [0.2, 0.25) is 0 Å². The van der Waals surface area contributed by atoms with Gasteiger partial charge in [-0.15, -0.1) is 0 Å². The maximum atomic E-state index is 10.4. The van der Waals surface area contributed by atoms with Crippen LogP contribution in [0.3, 0.4) is 0 Å². The number of aliphatic carboxylic acids is 1. The molecule has 76 valence electrons. The molecule has 1 saturated heterocycles. The first-order valence-corrected chi connectivity index (χ1v) is 4.41. The molecule has 1 fully saturated rings. The molecule has 5 heteroatoms. The molecule has 3 N–H and O–H groups in total. The second kappa shape index (κ2) is 5.16. The average molecular weight is 189 g/mol. The number of carboxylic acids is 1. The Morgan fingerprint density at radius 3 is 3.00 bits per heavy atom. The molecule has 5 nitrogen and oxygen atoms in total. The zero-order valence-electron chi connectivity index (χ0n) is 7.44. The van der Waals surface area contributed by atoms with Crippen molar-refractivity contribution in [2.45, 2.75) is 31.7 Å². The molecule has 0 aromatic rings. The normalized spacial score (nSPS) is 28.7. The molecule has 1 aliphatic heterocycles. The van der Waals surface area contributed by atoms with Gasteiger partial charge in [0.05, 0.1) is 19.1 Å². The highest BCUT2D eigenvalue weighted by atomic mass is 16.7. The molecule has 0 spiro atoms. The molecule has 0 amide bonds. The Morgan fingerprint density at radius 2 is 2.38 bits per heavy atom. The average Bonchev–Trinajstić information content (AvgIpc) is 2.04. The quantitative estimate of drug-likeness (QED) is 0.647. The molecule has 1 aliphatic rings. The Morgan fingerprint density at radius 1 is 1.62 bits per heavy atom. The first-order chi connectivity index (χ1) is 6.22. The fraction of sp³-hybridized carbons (Fsp3) is 0.875. The summed E-state index contributed by atoms with van der Waals surface area (Å²) in [5.41, 5.74) is 5.33. The minimum atomic E-state index is -0.835. The third kappa shape index (κ3) is 3.71. The summed E-state index contributed by atoms with van der Waals surface area (Å²) >= 11 is 0. The summed E-state index contributed by atoms with van der Waals surface area (Å²) in [6, 6.07) is 0. The van der Waals surface area contributed by atoms with Crippen molar-refractivity contribution in [3.63, 3.8) is 0 Å². The second-order valence-corrected chi connectivity index (χ2v) is 3.02. The van der Waals surface area contributed by atoms with Gasteiger partial charge in [-0.25, -0.2) is 0 Å². The van der Waals surface area contributed by atoms with Crippen LogP contribution >= 0.6 is 0 Å². The van der Waals surface area contributed by atoms with Crippen molar-refractivity contribution in [1.82, 2.24) is 0 Å². The van der Waals surface area contributed by atoms with E-state index in [2.05, 4.69) is 0 Å². The third-order valence-electron chi connectivity index (χ3n) is 1.89. The van der Waals surface area contributed by atoms with Crippen LogP contribution in [0.15, 0.2) is 0 Å². The molecule has 1 rings (SSSR count). The number of ether oxygens (including phenoxy) is 2. The summed E-state index contributed by atoms with van der Waals surface area (Å²) in [7, 11) is 0. The molecule has 0 aromatic carbocycles. The van der Waals surface area contributed by atoms with Crippen LogP contribution in [-0.2, 0) is 14.3 Å². The van der Waals surface area contributed by atoms with Gasteiger partial charge in [0.25, 0.3) is 0 Å². The molecule has 0 radical (unpaired) electrons. The van der Waals surface area contributed by atoms with Crippen molar-refractivity contribution in [1.29, 1.82) is 0 Å². The molecule has 0 unspecified atom stereocenters. The van der Waals surface area contributed by atoms with E-state index in [0.29, 0.717) is 26.0 Å². The summed E-state index contributed by atoms with van der Waals surface area (Å²) in [6.07, 6.45) is 0.777. The van der Waals surface area contributed by atoms with Gasteiger partial charge in [0.15, 0.2) is 6.29 Å². The van der Waals surface area contributed by atoms with Gasteiger partial charge in [-0.3, -0.25) is 4.79 Å². The van der Waals surface area contributed by atoms with Gasteiger partial charge in [0.1, 0.15) is 0 Å². The van der Waals surface area contributed by atoms with E-state index in [9.17, 15) is 4.79 Å². The van der Waals surface area contributed by atoms with E-state index in [1.54, 1.807) is 0 Å². The molecule has 0 saturated carbocycles. The molecule has 0 aliphatic carbocycles. The molecule has 1 heterocycles. The van der Waals surface area contributed by atoms with Crippen LogP contribution in [0.5, 0.6) is 0 Å². The van der Waals surface area contributed by atoms with E-state index in [1.165, 1.54) is 0 Å². The van der Waals surface area contributed by atoms with E-state index in [-0.39, 0.29) is 18.8 Å². The fourth-order valence-corrected chi connectivity index (χ4v) is 1.29. The predicted octanol–water partition coefficient (Wildman–Crippen LogP) is -0.0585. The minimum absolute atomic E-state index is 0.0461. The molecular formula is C8H15NO4. The van der Waals surface area contributed by atoms with E-state index in [1.807, 2.05) is 0 Å². The van der Waals surface area contributed by atoms with Crippen LogP contribution in [0.1, 0.15) is 19.3 Å². The van der Waals surface area contributed by atoms with Crippen LogP contribution in [0.25, 0.3) is 0 Å². The largest absolute Gasteiger partial charge is 0.481 e. The zero-order chi connectivity index (χ0) is 9.68. The lowest BCUT2D eigenvalue weighted by Crippen LogP contribution is -2.34. The summed E-state index contributed by atoms with van der Waals surface area (Å²) in [4.78, 5) is 10.4. The lowest BCUT2D eigenvalue weighted by atomic mass is 10.2. The number of carbonyl (C=O) groups is 1. The van der Waals surface area contributed by atoms with Crippen molar-refractivity contribution >= 4 is 5.97 Å². The lowest BCUT2D eigenvalue weighted by molar-refractivity contribution is -0.215. The van der Waals surface area contributed by atoms with E-state index < -0.39 is 5.97 Å². The first kappa shape index (κ1) is 10.4. The van der Waals surface area contributed by atoms with Gasteiger partial charge in [-0.2, -0.15) is 0 Å². The Hall–Kier alpha value is -0.650. The lowest BCUT2D eigenvalue weighted by Gasteiger charge is -2.29. The summed E-state index contributed by atoms with van der Waals surface area (Å²) < 4.78 is 10.6. The Bertz CT molecular complexity index is 172. The molecule has 0 aromatic heterocycles. The van der Waals surface area contributed by atoms with E-state index in [0.717, 1.165) is 0 Å². The summed E-state index contributed by atoms with van der Waals surface area (Å²) in [6.45, 7) is 1.05. The van der Waals surface area contributed by atoms with Crippen molar-refractivity contribution < 1.29 is 19.4 Å². The van der Waals surface area contributed by atoms with E-state index >= 15 is 0 Å². The molecular weight excluding hydrogens is 174 g/mol. The van der Waals surface area contributed by atoms with Gasteiger partial charge >= 0.3 is 5.97 Å². The van der Waals surface area contributed by atoms with Gasteiger partial charge in [0.2, 0.25) is 0 Å². The van der Waals surface area contributed by atoms with Crippen LogP contribution in [0, 0.1) is 0 Å². The number of carboxylic acid groups (broad SMARTS) is 1. The Kier molecular flexibility index (Phi) is 4.14. The van der Waals surface area contributed by atoms with Gasteiger partial charge in [-0.1, -0.05) is 0 Å². The monoisotopic (exact) mass is 189 g/mol. The van der Waals surface area contributed by atoms with Crippen LogP contribution in [0.4, 0.5) is 0 Å². The predicted molar refractivity (Wildman–Crippen MR) is 45.2 cm³/mol. The fourth-order valence-electron chi connectivity index (χ4n) is 1.29. The molecule has 2 atom stereocenters. The standard InChI is InChI=1S/C8H15NO4/c9-3-1-8-12-4-2-6(13-8)5-7(10)11/h6,8H,1-5,9H2,(H,10,11)/t6-,8-/m0/s1. The molecule has 0 bridgehead atoms. The maximum Gasteiger partial charge on any atom is 0.305 e. The highest BCUT2D eigenvalue weighted by molar-refractivity contribution is 5.67. The Labute approximate surface area is 76.8 Å². The van der Waals surface area contributed by atoms with E-state index in [4.69, 9.17) is 20.3 Å². The number of hydrogen-bond acceptors (Lipinski definition) is 4.